The number of aromatic nitrogens is 1. The minimum atomic E-state index is 0.162. The van der Waals surface area contributed by atoms with Crippen LogP contribution in [0.3, 0.4) is 0 Å². The highest BCUT2D eigenvalue weighted by molar-refractivity contribution is 9.13. The van der Waals surface area contributed by atoms with Crippen LogP contribution in [0, 0.1) is 0 Å². The molecule has 5 heteroatoms. The number of thiophene rings is 1. The lowest BCUT2D eigenvalue weighted by Crippen LogP contribution is -2.16. The van der Waals surface area contributed by atoms with Crippen LogP contribution in [0.1, 0.15) is 16.5 Å². The Morgan fingerprint density at radius 2 is 2.10 bits per heavy atom. The number of fused-ring (bicyclic) bond motifs is 1. The fourth-order valence-corrected chi connectivity index (χ4v) is 4.56. The Morgan fingerprint density at radius 3 is 2.80 bits per heavy atom. The van der Waals surface area contributed by atoms with Gasteiger partial charge >= 0.3 is 0 Å². The lowest BCUT2D eigenvalue weighted by molar-refractivity contribution is 0.708. The largest absolute Gasteiger partial charge is 0.309 e. The van der Waals surface area contributed by atoms with Gasteiger partial charge in [0.25, 0.3) is 0 Å². The van der Waals surface area contributed by atoms with Crippen molar-refractivity contribution in [3.8, 4) is 0 Å². The van der Waals surface area contributed by atoms with E-state index in [2.05, 4.69) is 66.4 Å². The molecule has 0 aliphatic heterocycles. The third-order valence-corrected chi connectivity index (χ3v) is 6.59. The van der Waals surface area contributed by atoms with Gasteiger partial charge in [0.1, 0.15) is 0 Å². The highest BCUT2D eigenvalue weighted by Crippen LogP contribution is 2.38. The fourth-order valence-electron chi connectivity index (χ4n) is 2.35. The number of benzene rings is 1. The molecule has 1 unspecified atom stereocenters. The molecule has 1 atom stereocenters. The van der Waals surface area contributed by atoms with Crippen LogP contribution in [-0.4, -0.2) is 12.0 Å². The van der Waals surface area contributed by atoms with E-state index in [0.717, 1.165) is 8.26 Å². The SMILES string of the molecule is CNC(c1cc(Br)c(Br)s1)c1cccc2ccncc12. The minimum absolute atomic E-state index is 0.162. The Balaban J connectivity index is 2.16. The van der Waals surface area contributed by atoms with Gasteiger partial charge in [0.05, 0.1) is 9.83 Å². The second kappa shape index (κ2) is 5.93. The van der Waals surface area contributed by atoms with E-state index in [4.69, 9.17) is 0 Å². The van der Waals surface area contributed by atoms with Gasteiger partial charge in [-0.1, -0.05) is 18.2 Å². The molecule has 1 aromatic carbocycles. The van der Waals surface area contributed by atoms with Crippen LogP contribution in [0.5, 0.6) is 0 Å². The Hall–Kier alpha value is -0.750. The molecule has 1 N–H and O–H groups in total. The highest BCUT2D eigenvalue weighted by atomic mass is 79.9. The van der Waals surface area contributed by atoms with Gasteiger partial charge in [-0.3, -0.25) is 4.98 Å². The molecule has 3 aromatic rings. The molecule has 0 spiro atoms. The van der Waals surface area contributed by atoms with Gasteiger partial charge in [-0.2, -0.15) is 0 Å². The van der Waals surface area contributed by atoms with Crippen molar-refractivity contribution in [1.29, 1.82) is 0 Å². The molecule has 0 amide bonds. The molecule has 2 aromatic heterocycles. The highest BCUT2D eigenvalue weighted by Gasteiger charge is 2.18. The van der Waals surface area contributed by atoms with Crippen molar-refractivity contribution in [3.63, 3.8) is 0 Å². The van der Waals surface area contributed by atoms with E-state index in [1.165, 1.54) is 21.2 Å². The summed E-state index contributed by atoms with van der Waals surface area (Å²) in [6.07, 6.45) is 3.77. The summed E-state index contributed by atoms with van der Waals surface area (Å²) < 4.78 is 2.21. The smallest absolute Gasteiger partial charge is 0.0843 e. The zero-order chi connectivity index (χ0) is 14.1. The maximum absolute atomic E-state index is 4.26. The van der Waals surface area contributed by atoms with Crippen molar-refractivity contribution < 1.29 is 0 Å². The molecule has 0 radical (unpaired) electrons. The molecule has 2 nitrogen and oxygen atoms in total. The van der Waals surface area contributed by atoms with Gasteiger partial charge in [0, 0.05) is 27.1 Å². The lowest BCUT2D eigenvalue weighted by Gasteiger charge is -2.17. The van der Waals surface area contributed by atoms with Crippen LogP contribution in [0.25, 0.3) is 10.8 Å². The van der Waals surface area contributed by atoms with Crippen molar-refractivity contribution in [2.45, 2.75) is 6.04 Å². The Kier molecular flexibility index (Phi) is 4.21. The third-order valence-electron chi connectivity index (χ3n) is 3.27. The van der Waals surface area contributed by atoms with Gasteiger partial charge in [-0.25, -0.2) is 0 Å². The number of halogens is 2. The monoisotopic (exact) mass is 410 g/mol. The average molecular weight is 412 g/mol. The Morgan fingerprint density at radius 1 is 1.25 bits per heavy atom. The average Bonchev–Trinajstić information content (AvgIpc) is 2.79. The predicted octanol–water partition coefficient (Wildman–Crippen LogP) is 5.13. The van der Waals surface area contributed by atoms with Gasteiger partial charge in [0.15, 0.2) is 0 Å². The zero-order valence-corrected chi connectivity index (χ0v) is 14.7. The quantitative estimate of drug-likeness (QED) is 0.646. The van der Waals surface area contributed by atoms with Crippen LogP contribution in [0.4, 0.5) is 0 Å². The summed E-state index contributed by atoms with van der Waals surface area (Å²) in [6.45, 7) is 0. The van der Waals surface area contributed by atoms with Crippen LogP contribution < -0.4 is 5.32 Å². The fraction of sp³-hybridized carbons (Fsp3) is 0.133. The number of nitrogens with one attached hydrogen (secondary N) is 1. The van der Waals surface area contributed by atoms with E-state index in [0.29, 0.717) is 0 Å². The molecule has 3 rings (SSSR count). The molecule has 2 heterocycles. The van der Waals surface area contributed by atoms with E-state index in [1.54, 1.807) is 11.3 Å². The van der Waals surface area contributed by atoms with Crippen LogP contribution in [-0.2, 0) is 0 Å². The van der Waals surface area contributed by atoms with Crippen molar-refractivity contribution in [2.75, 3.05) is 7.05 Å². The minimum Gasteiger partial charge on any atom is -0.309 e. The molecule has 0 saturated heterocycles. The predicted molar refractivity (Wildman–Crippen MR) is 92.4 cm³/mol. The first-order chi connectivity index (χ1) is 9.70. The molecule has 0 saturated carbocycles. The van der Waals surface area contributed by atoms with Gasteiger partial charge < -0.3 is 5.32 Å². The van der Waals surface area contributed by atoms with Gasteiger partial charge in [0.2, 0.25) is 0 Å². The van der Waals surface area contributed by atoms with Crippen LogP contribution in [0.2, 0.25) is 0 Å². The lowest BCUT2D eigenvalue weighted by atomic mass is 9.99. The maximum Gasteiger partial charge on any atom is 0.0843 e. The molecular formula is C15H12Br2N2S. The summed E-state index contributed by atoms with van der Waals surface area (Å²) in [5.41, 5.74) is 1.25. The van der Waals surface area contributed by atoms with Crippen molar-refractivity contribution >= 4 is 54.0 Å². The summed E-state index contributed by atoms with van der Waals surface area (Å²) >= 11 is 8.86. The molecule has 102 valence electrons. The van der Waals surface area contributed by atoms with Crippen LogP contribution in [0.15, 0.2) is 51.0 Å². The molecule has 0 fully saturated rings. The first-order valence-corrected chi connectivity index (χ1v) is 8.55. The van der Waals surface area contributed by atoms with E-state index in [9.17, 15) is 0 Å². The van der Waals surface area contributed by atoms with E-state index < -0.39 is 0 Å². The number of rotatable bonds is 3. The van der Waals surface area contributed by atoms with Crippen molar-refractivity contribution in [2.24, 2.45) is 0 Å². The number of hydrogen-bond acceptors (Lipinski definition) is 3. The molecule has 0 bridgehead atoms. The van der Waals surface area contributed by atoms with E-state index in [1.807, 2.05) is 25.5 Å². The van der Waals surface area contributed by atoms with E-state index in [-0.39, 0.29) is 6.04 Å². The summed E-state index contributed by atoms with van der Waals surface area (Å²) in [5.74, 6) is 0. The second-order valence-electron chi connectivity index (χ2n) is 4.44. The number of hydrogen-bond donors (Lipinski definition) is 1. The summed E-state index contributed by atoms with van der Waals surface area (Å²) in [7, 11) is 1.99. The molecule has 0 aliphatic rings. The summed E-state index contributed by atoms with van der Waals surface area (Å²) in [4.78, 5) is 5.53. The first kappa shape index (κ1) is 14.2. The van der Waals surface area contributed by atoms with E-state index >= 15 is 0 Å². The first-order valence-electron chi connectivity index (χ1n) is 6.15. The Labute approximate surface area is 138 Å². The summed E-state index contributed by atoms with van der Waals surface area (Å²) in [5, 5.41) is 5.81. The van der Waals surface area contributed by atoms with Gasteiger partial charge in [-0.15, -0.1) is 11.3 Å². The Bertz CT molecular complexity index is 730. The normalized spacial score (nSPS) is 12.8. The standard InChI is InChI=1S/C15H12Br2N2S/c1-18-14(13-7-12(16)15(17)20-13)10-4-2-3-9-5-6-19-8-11(9)10/h2-8,14,18H,1H3. The second-order valence-corrected chi connectivity index (χ2v) is 7.69. The third kappa shape index (κ3) is 2.55. The zero-order valence-electron chi connectivity index (χ0n) is 10.7. The van der Waals surface area contributed by atoms with Crippen molar-refractivity contribution in [3.05, 3.63) is 61.4 Å². The molecule has 20 heavy (non-hydrogen) atoms. The van der Waals surface area contributed by atoms with Crippen molar-refractivity contribution in [1.82, 2.24) is 10.3 Å². The number of pyridine rings is 1. The number of nitrogens with zero attached hydrogens (tertiary/aromatic N) is 1. The van der Waals surface area contributed by atoms with Gasteiger partial charge in [-0.05, 0) is 62.0 Å². The van der Waals surface area contributed by atoms with Crippen LogP contribution >= 0.6 is 43.2 Å². The topological polar surface area (TPSA) is 24.9 Å². The molecule has 0 aliphatic carbocycles. The maximum atomic E-state index is 4.26. The molecular weight excluding hydrogens is 400 g/mol. The summed E-state index contributed by atoms with van der Waals surface area (Å²) in [6, 6.07) is 10.7.